The standard InChI is InChI=1S/C15H16N4/c1-12-5-6-13(9-17-12)8-16-10-14-11-19-7-3-2-4-15(19)18-14/h2-7,9,11,16H,8,10H2,1H3. The van der Waals surface area contributed by atoms with Gasteiger partial charge in [-0.1, -0.05) is 12.1 Å². The smallest absolute Gasteiger partial charge is 0.137 e. The molecule has 0 unspecified atom stereocenters. The van der Waals surface area contributed by atoms with Crippen LogP contribution in [0.25, 0.3) is 5.65 Å². The molecule has 3 heterocycles. The van der Waals surface area contributed by atoms with Gasteiger partial charge >= 0.3 is 0 Å². The Bertz CT molecular complexity index is 637. The molecule has 0 bridgehead atoms. The van der Waals surface area contributed by atoms with Crippen LogP contribution in [0.2, 0.25) is 0 Å². The maximum atomic E-state index is 4.54. The van der Waals surface area contributed by atoms with E-state index in [9.17, 15) is 0 Å². The van der Waals surface area contributed by atoms with Crippen molar-refractivity contribution >= 4 is 5.65 Å². The van der Waals surface area contributed by atoms with Crippen molar-refractivity contribution in [2.24, 2.45) is 0 Å². The maximum absolute atomic E-state index is 4.54. The Hall–Kier alpha value is -2.20. The number of fused-ring (bicyclic) bond motifs is 1. The van der Waals surface area contributed by atoms with Gasteiger partial charge in [-0.2, -0.15) is 0 Å². The lowest BCUT2D eigenvalue weighted by molar-refractivity contribution is 0.680. The maximum Gasteiger partial charge on any atom is 0.137 e. The van der Waals surface area contributed by atoms with Gasteiger partial charge in [-0.05, 0) is 30.7 Å². The van der Waals surface area contributed by atoms with E-state index in [4.69, 9.17) is 0 Å². The largest absolute Gasteiger partial charge is 0.307 e. The molecule has 0 amide bonds. The van der Waals surface area contributed by atoms with Crippen molar-refractivity contribution in [3.63, 3.8) is 0 Å². The predicted molar refractivity (Wildman–Crippen MR) is 74.7 cm³/mol. The van der Waals surface area contributed by atoms with Crippen LogP contribution in [-0.2, 0) is 13.1 Å². The molecule has 3 aromatic heterocycles. The van der Waals surface area contributed by atoms with Crippen LogP contribution in [0.1, 0.15) is 17.0 Å². The summed E-state index contributed by atoms with van der Waals surface area (Å²) in [6.07, 6.45) is 5.97. The molecule has 0 radical (unpaired) electrons. The SMILES string of the molecule is Cc1ccc(CNCc2cn3ccccc3n2)cn1. The second-order valence-corrected chi connectivity index (χ2v) is 4.61. The van der Waals surface area contributed by atoms with Crippen molar-refractivity contribution in [1.82, 2.24) is 19.7 Å². The van der Waals surface area contributed by atoms with Gasteiger partial charge in [-0.3, -0.25) is 4.98 Å². The molecule has 4 heteroatoms. The number of hydrogen-bond acceptors (Lipinski definition) is 3. The van der Waals surface area contributed by atoms with Gasteiger partial charge in [0.05, 0.1) is 5.69 Å². The third-order valence-electron chi connectivity index (χ3n) is 3.02. The van der Waals surface area contributed by atoms with E-state index in [0.29, 0.717) is 0 Å². The van der Waals surface area contributed by atoms with E-state index in [1.165, 1.54) is 5.56 Å². The number of imidazole rings is 1. The Morgan fingerprint density at radius 2 is 2.11 bits per heavy atom. The van der Waals surface area contributed by atoms with Gasteiger partial charge in [0, 0.05) is 37.4 Å². The summed E-state index contributed by atoms with van der Waals surface area (Å²) in [4.78, 5) is 8.82. The van der Waals surface area contributed by atoms with Crippen LogP contribution in [0.5, 0.6) is 0 Å². The first kappa shape index (κ1) is 11.9. The molecule has 0 spiro atoms. The lowest BCUT2D eigenvalue weighted by Gasteiger charge is -2.02. The second kappa shape index (κ2) is 5.20. The van der Waals surface area contributed by atoms with Crippen LogP contribution in [0.15, 0.2) is 48.9 Å². The molecule has 96 valence electrons. The van der Waals surface area contributed by atoms with E-state index in [1.54, 1.807) is 0 Å². The Labute approximate surface area is 112 Å². The van der Waals surface area contributed by atoms with Crippen molar-refractivity contribution in [3.8, 4) is 0 Å². The van der Waals surface area contributed by atoms with Gasteiger partial charge in [0.15, 0.2) is 0 Å². The average Bonchev–Trinajstić information content (AvgIpc) is 2.83. The molecule has 4 nitrogen and oxygen atoms in total. The lowest BCUT2D eigenvalue weighted by Crippen LogP contribution is -2.13. The van der Waals surface area contributed by atoms with E-state index in [1.807, 2.05) is 48.0 Å². The number of aryl methyl sites for hydroxylation is 1. The molecule has 1 N–H and O–H groups in total. The number of rotatable bonds is 4. The molecule has 0 saturated carbocycles. The number of aromatic nitrogens is 3. The number of nitrogens with zero attached hydrogens (tertiary/aromatic N) is 3. The minimum absolute atomic E-state index is 0.759. The number of pyridine rings is 2. The van der Waals surface area contributed by atoms with Crippen LogP contribution < -0.4 is 5.32 Å². The highest BCUT2D eigenvalue weighted by Crippen LogP contribution is 2.05. The van der Waals surface area contributed by atoms with Gasteiger partial charge in [-0.15, -0.1) is 0 Å². The summed E-state index contributed by atoms with van der Waals surface area (Å²) in [6.45, 7) is 3.56. The molecular weight excluding hydrogens is 236 g/mol. The summed E-state index contributed by atoms with van der Waals surface area (Å²) in [5.41, 5.74) is 4.26. The fourth-order valence-corrected chi connectivity index (χ4v) is 2.01. The second-order valence-electron chi connectivity index (χ2n) is 4.61. The Morgan fingerprint density at radius 1 is 1.16 bits per heavy atom. The molecule has 0 atom stereocenters. The van der Waals surface area contributed by atoms with E-state index in [2.05, 4.69) is 27.5 Å². The first-order valence-corrected chi connectivity index (χ1v) is 6.36. The zero-order valence-electron chi connectivity index (χ0n) is 10.9. The number of nitrogens with one attached hydrogen (secondary N) is 1. The van der Waals surface area contributed by atoms with Gasteiger partial charge in [0.1, 0.15) is 5.65 Å². The molecule has 0 aromatic carbocycles. The molecule has 0 fully saturated rings. The van der Waals surface area contributed by atoms with E-state index >= 15 is 0 Å². The first-order valence-electron chi connectivity index (χ1n) is 6.36. The van der Waals surface area contributed by atoms with Crippen LogP contribution >= 0.6 is 0 Å². The monoisotopic (exact) mass is 252 g/mol. The van der Waals surface area contributed by atoms with E-state index in [0.717, 1.165) is 30.1 Å². The van der Waals surface area contributed by atoms with Gasteiger partial charge in [0.25, 0.3) is 0 Å². The van der Waals surface area contributed by atoms with Crippen molar-refractivity contribution < 1.29 is 0 Å². The normalized spacial score (nSPS) is 11.0. The van der Waals surface area contributed by atoms with E-state index in [-0.39, 0.29) is 0 Å². The molecular formula is C15H16N4. The Kier molecular flexibility index (Phi) is 3.25. The van der Waals surface area contributed by atoms with Crippen LogP contribution in [-0.4, -0.2) is 14.4 Å². The van der Waals surface area contributed by atoms with Crippen LogP contribution in [0, 0.1) is 6.92 Å². The highest BCUT2D eigenvalue weighted by atomic mass is 15.0. The van der Waals surface area contributed by atoms with Crippen molar-refractivity contribution in [2.45, 2.75) is 20.0 Å². The quantitative estimate of drug-likeness (QED) is 0.775. The predicted octanol–water partition coefficient (Wildman–Crippen LogP) is 2.33. The fraction of sp³-hybridized carbons (Fsp3) is 0.200. The van der Waals surface area contributed by atoms with E-state index < -0.39 is 0 Å². The molecule has 0 aliphatic rings. The zero-order chi connectivity index (χ0) is 13.1. The molecule has 3 rings (SSSR count). The Balaban J connectivity index is 1.61. The fourth-order valence-electron chi connectivity index (χ4n) is 2.01. The third kappa shape index (κ3) is 2.80. The molecule has 19 heavy (non-hydrogen) atoms. The van der Waals surface area contributed by atoms with Gasteiger partial charge in [-0.25, -0.2) is 4.98 Å². The van der Waals surface area contributed by atoms with Crippen LogP contribution in [0.4, 0.5) is 0 Å². The van der Waals surface area contributed by atoms with Crippen molar-refractivity contribution in [2.75, 3.05) is 0 Å². The third-order valence-corrected chi connectivity index (χ3v) is 3.02. The minimum Gasteiger partial charge on any atom is -0.307 e. The molecule has 3 aromatic rings. The highest BCUT2D eigenvalue weighted by molar-refractivity contribution is 5.39. The number of hydrogen-bond donors (Lipinski definition) is 1. The zero-order valence-corrected chi connectivity index (χ0v) is 10.9. The summed E-state index contributed by atoms with van der Waals surface area (Å²) >= 11 is 0. The highest BCUT2D eigenvalue weighted by Gasteiger charge is 2.00. The minimum atomic E-state index is 0.759. The lowest BCUT2D eigenvalue weighted by atomic mass is 10.2. The van der Waals surface area contributed by atoms with Crippen LogP contribution in [0.3, 0.4) is 0 Å². The first-order chi connectivity index (χ1) is 9.31. The molecule has 0 aliphatic heterocycles. The van der Waals surface area contributed by atoms with Crippen molar-refractivity contribution in [3.05, 3.63) is 65.9 Å². The van der Waals surface area contributed by atoms with Gasteiger partial charge in [0.2, 0.25) is 0 Å². The summed E-state index contributed by atoms with van der Waals surface area (Å²) in [6, 6.07) is 10.1. The molecule has 0 aliphatic carbocycles. The summed E-state index contributed by atoms with van der Waals surface area (Å²) < 4.78 is 2.03. The summed E-state index contributed by atoms with van der Waals surface area (Å²) in [7, 11) is 0. The van der Waals surface area contributed by atoms with Gasteiger partial charge < -0.3 is 9.72 Å². The van der Waals surface area contributed by atoms with Crippen molar-refractivity contribution in [1.29, 1.82) is 0 Å². The Morgan fingerprint density at radius 3 is 2.89 bits per heavy atom. The summed E-state index contributed by atoms with van der Waals surface area (Å²) in [5.74, 6) is 0. The average molecular weight is 252 g/mol. The topological polar surface area (TPSA) is 42.2 Å². The summed E-state index contributed by atoms with van der Waals surface area (Å²) in [5, 5.41) is 3.38. The molecule has 0 saturated heterocycles.